The first-order valence-corrected chi connectivity index (χ1v) is 21.7. The number of ether oxygens (including phenoxy) is 2. The van der Waals surface area contributed by atoms with E-state index in [0.29, 0.717) is 23.6 Å². The molecule has 346 valence electrons. The molecule has 1 aliphatic rings. The smallest absolute Gasteiger partial charge is 0.410 e. The summed E-state index contributed by atoms with van der Waals surface area (Å²) >= 11 is 0. The molecule has 2 aromatic carbocycles. The number of H-pyrrole nitrogens is 1. The van der Waals surface area contributed by atoms with Gasteiger partial charge in [0.05, 0.1) is 28.8 Å². The minimum absolute atomic E-state index is 0.387. The van der Waals surface area contributed by atoms with E-state index >= 15 is 0 Å². The van der Waals surface area contributed by atoms with E-state index in [2.05, 4.69) is 42.5 Å². The van der Waals surface area contributed by atoms with E-state index in [1.165, 1.54) is 9.80 Å². The van der Waals surface area contributed by atoms with Gasteiger partial charge >= 0.3 is 12.2 Å². The average molecular weight is 880 g/mol. The SMILES string of the molecule is CN(C)C(=O)O[C@@](C)(C(=O)N[C@H](C1=Nc2ccc(-c3cnc(-c4ccc5nc([C@@H](NC(=O)[C@](C)(OC(=O)N(C)C)C(C)(C)C)C(C)(C)C)[nH]c5c4)nc3)cc2C1)C(C)(C)C)C(C)(C)C. The molecule has 3 N–H and O–H groups in total. The fourth-order valence-electron chi connectivity index (χ4n) is 7.15. The van der Waals surface area contributed by atoms with Crippen LogP contribution in [0.1, 0.15) is 114 Å². The normalized spacial score (nSPS) is 16.1. The summed E-state index contributed by atoms with van der Waals surface area (Å²) in [5, 5.41) is 6.38. The lowest BCUT2D eigenvalue weighted by Gasteiger charge is -2.42. The highest BCUT2D eigenvalue weighted by Crippen LogP contribution is 2.40. The summed E-state index contributed by atoms with van der Waals surface area (Å²) in [6, 6.07) is 10.8. The van der Waals surface area contributed by atoms with E-state index in [9.17, 15) is 19.2 Å². The molecule has 4 amide bonds. The second kappa shape index (κ2) is 17.3. The van der Waals surface area contributed by atoms with Crippen molar-refractivity contribution in [2.45, 2.75) is 127 Å². The number of hydrogen-bond donors (Lipinski definition) is 3. The molecule has 4 atom stereocenters. The van der Waals surface area contributed by atoms with Crippen molar-refractivity contribution in [2.24, 2.45) is 26.7 Å². The summed E-state index contributed by atoms with van der Waals surface area (Å²) in [4.78, 5) is 79.0. The number of amides is 4. The number of rotatable bonds is 10. The lowest BCUT2D eigenvalue weighted by atomic mass is 9.75. The maximum absolute atomic E-state index is 14.1. The maximum atomic E-state index is 14.1. The van der Waals surface area contributed by atoms with Crippen LogP contribution in [0.4, 0.5) is 15.3 Å². The van der Waals surface area contributed by atoms with Crippen molar-refractivity contribution in [3.05, 3.63) is 60.2 Å². The molecule has 1 aliphatic heterocycles. The first-order chi connectivity index (χ1) is 29.3. The largest absolute Gasteiger partial charge is 0.432 e. The highest BCUT2D eigenvalue weighted by molar-refractivity contribution is 6.02. The Hall–Kier alpha value is -5.86. The van der Waals surface area contributed by atoms with E-state index in [1.807, 2.05) is 92.6 Å². The van der Waals surface area contributed by atoms with Gasteiger partial charge in [-0.3, -0.25) is 14.6 Å². The minimum atomic E-state index is -1.48. The Balaban J connectivity index is 1.35. The molecule has 5 rings (SSSR count). The third-order valence-corrected chi connectivity index (χ3v) is 12.4. The summed E-state index contributed by atoms with van der Waals surface area (Å²) in [6.45, 7) is 26.7. The van der Waals surface area contributed by atoms with E-state index in [4.69, 9.17) is 29.4 Å². The van der Waals surface area contributed by atoms with Crippen molar-refractivity contribution in [2.75, 3.05) is 28.2 Å². The summed E-state index contributed by atoms with van der Waals surface area (Å²) in [6.07, 6.45) is 2.92. The van der Waals surface area contributed by atoms with Gasteiger partial charge in [-0.05, 0) is 66.1 Å². The monoisotopic (exact) mass is 880 g/mol. The Bertz CT molecular complexity index is 2450. The van der Waals surface area contributed by atoms with Gasteiger partial charge in [0.1, 0.15) is 5.82 Å². The number of nitrogens with one attached hydrogen (secondary N) is 3. The standard InChI is InChI=1S/C49H69N9O6/c1-44(2,3)36(55-40(59)48(13,46(7,8)9)63-42(61)57(15)16)35-25-30-23-28(19-21-32(30)52-35)31-26-50-38(51-27-31)29-20-22-33-34(24-29)54-39(53-33)37(45(4,5)6)56-41(60)49(14,47(10,11)12)64-43(62)58(17)18/h19-24,26-27,36-37H,25H2,1-18H3,(H,53,54)(H,55,59)(H,56,60)/t36-,37-,48+,49+/m1/s1. The molecule has 0 saturated carbocycles. The van der Waals surface area contributed by atoms with Gasteiger partial charge in [-0.1, -0.05) is 89.2 Å². The topological polar surface area (TPSA) is 184 Å². The zero-order valence-electron chi connectivity index (χ0n) is 41.1. The highest BCUT2D eigenvalue weighted by atomic mass is 16.6. The van der Waals surface area contributed by atoms with Gasteiger partial charge < -0.3 is 34.9 Å². The van der Waals surface area contributed by atoms with E-state index in [0.717, 1.165) is 39.2 Å². The highest BCUT2D eigenvalue weighted by Gasteiger charge is 2.51. The van der Waals surface area contributed by atoms with E-state index in [-0.39, 0.29) is 5.91 Å². The van der Waals surface area contributed by atoms with Crippen LogP contribution in [0.25, 0.3) is 33.5 Å². The van der Waals surface area contributed by atoms with Gasteiger partial charge in [0.2, 0.25) is 0 Å². The molecule has 0 bridgehead atoms. The zero-order chi connectivity index (χ0) is 48.1. The molecular weight excluding hydrogens is 811 g/mol. The van der Waals surface area contributed by atoms with Gasteiger partial charge in [0.15, 0.2) is 17.0 Å². The summed E-state index contributed by atoms with van der Waals surface area (Å²) in [7, 11) is 6.34. The Labute approximate surface area is 378 Å². The third-order valence-electron chi connectivity index (χ3n) is 12.4. The number of fused-ring (bicyclic) bond motifs is 2. The molecule has 0 saturated heterocycles. The fourth-order valence-corrected chi connectivity index (χ4v) is 7.15. The van der Waals surface area contributed by atoms with E-state index in [1.54, 1.807) is 54.4 Å². The van der Waals surface area contributed by atoms with Crippen LogP contribution in [0, 0.1) is 21.7 Å². The first-order valence-electron chi connectivity index (χ1n) is 21.7. The van der Waals surface area contributed by atoms with Crippen LogP contribution < -0.4 is 10.6 Å². The van der Waals surface area contributed by atoms with Crippen molar-refractivity contribution < 1.29 is 28.7 Å². The summed E-state index contributed by atoms with van der Waals surface area (Å²) in [5.74, 6) is 0.278. The number of nitrogens with zero attached hydrogens (tertiary/aromatic N) is 6. The Morgan fingerprint density at radius 1 is 0.641 bits per heavy atom. The average Bonchev–Trinajstić information content (AvgIpc) is 3.80. The number of hydrogen-bond acceptors (Lipinski definition) is 10. The molecule has 15 nitrogen and oxygen atoms in total. The second-order valence-corrected chi connectivity index (χ2v) is 21.9. The summed E-state index contributed by atoms with van der Waals surface area (Å²) < 4.78 is 11.7. The van der Waals surface area contributed by atoms with Crippen LogP contribution in [-0.4, -0.2) is 105 Å². The number of benzene rings is 2. The zero-order valence-corrected chi connectivity index (χ0v) is 41.1. The van der Waals surface area contributed by atoms with Gasteiger partial charge in [-0.25, -0.2) is 24.5 Å². The number of aromatic nitrogens is 4. The van der Waals surface area contributed by atoms with Gasteiger partial charge in [-0.15, -0.1) is 0 Å². The summed E-state index contributed by atoms with van der Waals surface area (Å²) in [5.41, 5.74) is 1.42. The Kier molecular flexibility index (Phi) is 13.3. The number of aromatic amines is 1. The lowest BCUT2D eigenvalue weighted by Crippen LogP contribution is -2.61. The van der Waals surface area contributed by atoms with Crippen molar-refractivity contribution in [1.82, 2.24) is 40.4 Å². The van der Waals surface area contributed by atoms with Crippen LogP contribution >= 0.6 is 0 Å². The minimum Gasteiger partial charge on any atom is -0.432 e. The van der Waals surface area contributed by atoms with Crippen LogP contribution in [-0.2, 0) is 25.5 Å². The molecule has 0 radical (unpaired) electrons. The van der Waals surface area contributed by atoms with Gasteiger partial charge in [-0.2, -0.15) is 0 Å². The molecular formula is C49H69N9O6. The number of carbonyl (C=O) groups excluding carboxylic acids is 4. The molecule has 0 unspecified atom stereocenters. The van der Waals surface area contributed by atoms with Crippen LogP contribution in [0.3, 0.4) is 0 Å². The third kappa shape index (κ3) is 10.1. The van der Waals surface area contributed by atoms with Gasteiger partial charge in [0.25, 0.3) is 11.8 Å². The van der Waals surface area contributed by atoms with Crippen LogP contribution in [0.15, 0.2) is 53.8 Å². The van der Waals surface area contributed by atoms with Crippen LogP contribution in [0.5, 0.6) is 0 Å². The number of imidazole rings is 1. The molecule has 64 heavy (non-hydrogen) atoms. The Morgan fingerprint density at radius 3 is 1.59 bits per heavy atom. The molecule has 0 spiro atoms. The molecule has 3 heterocycles. The number of aliphatic imine (C=N–C) groups is 1. The van der Waals surface area contributed by atoms with E-state index < -0.39 is 63.0 Å². The van der Waals surface area contributed by atoms with Gasteiger partial charge in [0, 0.05) is 74.7 Å². The van der Waals surface area contributed by atoms with Crippen LogP contribution in [0.2, 0.25) is 0 Å². The molecule has 0 aliphatic carbocycles. The molecule has 15 heteroatoms. The Morgan fingerprint density at radius 2 is 1.12 bits per heavy atom. The molecule has 4 aromatic rings. The van der Waals surface area contributed by atoms with Crippen molar-refractivity contribution in [3.8, 4) is 22.5 Å². The quantitative estimate of drug-likeness (QED) is 0.140. The lowest BCUT2D eigenvalue weighted by molar-refractivity contribution is -0.152. The predicted octanol–water partition coefficient (Wildman–Crippen LogP) is 9.06. The van der Waals surface area contributed by atoms with Crippen molar-refractivity contribution >= 4 is 46.4 Å². The van der Waals surface area contributed by atoms with Crippen molar-refractivity contribution in [3.63, 3.8) is 0 Å². The van der Waals surface area contributed by atoms with Crippen molar-refractivity contribution in [1.29, 1.82) is 0 Å². The number of carbonyl (C=O) groups is 4. The fraction of sp³-hybridized carbons (Fsp3) is 0.551. The first kappa shape index (κ1) is 49.2. The predicted molar refractivity (Wildman–Crippen MR) is 251 cm³/mol. The molecule has 0 fully saturated rings. The second-order valence-electron chi connectivity index (χ2n) is 21.9. The molecule has 2 aromatic heterocycles. The maximum Gasteiger partial charge on any atom is 0.410 e.